The maximum absolute atomic E-state index is 11.9. The zero-order valence-electron chi connectivity index (χ0n) is 10.3. The molecule has 1 unspecified atom stereocenters. The van der Waals surface area contributed by atoms with Crippen molar-refractivity contribution in [2.45, 2.75) is 20.0 Å². The predicted octanol–water partition coefficient (Wildman–Crippen LogP) is 2.89. The number of carbonyl (C=O) groups excluding carboxylic acids is 1. The van der Waals surface area contributed by atoms with Gasteiger partial charge in [-0.25, -0.2) is 0 Å². The van der Waals surface area contributed by atoms with Crippen LogP contribution >= 0.6 is 0 Å². The SMILES string of the molecule is Cc1ccoc1C(=O)Nc1cccc(C(C)O)c1. The van der Waals surface area contributed by atoms with Gasteiger partial charge < -0.3 is 14.8 Å². The van der Waals surface area contributed by atoms with Crippen LogP contribution in [0, 0.1) is 6.92 Å². The zero-order valence-corrected chi connectivity index (χ0v) is 10.3. The second-order valence-electron chi connectivity index (χ2n) is 4.19. The van der Waals surface area contributed by atoms with E-state index in [0.717, 1.165) is 11.1 Å². The average molecular weight is 245 g/mol. The molecule has 0 aliphatic rings. The number of aliphatic hydroxyl groups is 1. The summed E-state index contributed by atoms with van der Waals surface area (Å²) in [5.41, 5.74) is 2.18. The summed E-state index contributed by atoms with van der Waals surface area (Å²) in [6, 6.07) is 8.83. The maximum atomic E-state index is 11.9. The van der Waals surface area contributed by atoms with Crippen molar-refractivity contribution in [2.75, 3.05) is 5.32 Å². The Kier molecular flexibility index (Phi) is 3.48. The first-order valence-electron chi connectivity index (χ1n) is 5.71. The predicted molar refractivity (Wildman–Crippen MR) is 68.5 cm³/mol. The molecule has 0 saturated heterocycles. The number of hydrogen-bond donors (Lipinski definition) is 2. The van der Waals surface area contributed by atoms with Gasteiger partial charge in [-0.2, -0.15) is 0 Å². The Morgan fingerprint density at radius 3 is 2.78 bits per heavy atom. The maximum Gasteiger partial charge on any atom is 0.291 e. The highest BCUT2D eigenvalue weighted by Gasteiger charge is 2.13. The smallest absolute Gasteiger partial charge is 0.291 e. The van der Waals surface area contributed by atoms with Gasteiger partial charge in [-0.1, -0.05) is 12.1 Å². The molecule has 18 heavy (non-hydrogen) atoms. The number of hydrogen-bond acceptors (Lipinski definition) is 3. The number of aliphatic hydroxyl groups excluding tert-OH is 1. The summed E-state index contributed by atoms with van der Waals surface area (Å²) < 4.78 is 5.11. The first-order chi connectivity index (χ1) is 8.58. The van der Waals surface area contributed by atoms with Crippen molar-refractivity contribution < 1.29 is 14.3 Å². The Bertz CT molecular complexity index is 558. The van der Waals surface area contributed by atoms with Crippen molar-refractivity contribution in [3.05, 3.63) is 53.5 Å². The van der Waals surface area contributed by atoms with Crippen molar-refractivity contribution >= 4 is 11.6 Å². The molecule has 4 heteroatoms. The molecule has 0 aliphatic heterocycles. The van der Waals surface area contributed by atoms with Gasteiger partial charge in [0.2, 0.25) is 0 Å². The molecule has 0 bridgehead atoms. The van der Waals surface area contributed by atoms with E-state index in [1.165, 1.54) is 6.26 Å². The lowest BCUT2D eigenvalue weighted by Gasteiger charge is -2.08. The second-order valence-corrected chi connectivity index (χ2v) is 4.19. The summed E-state index contributed by atoms with van der Waals surface area (Å²) in [6.45, 7) is 3.49. The van der Waals surface area contributed by atoms with E-state index in [4.69, 9.17) is 4.42 Å². The van der Waals surface area contributed by atoms with Gasteiger partial charge >= 0.3 is 0 Å². The third-order valence-electron chi connectivity index (χ3n) is 2.70. The molecule has 1 atom stereocenters. The molecular formula is C14H15NO3. The number of anilines is 1. The Hall–Kier alpha value is -2.07. The molecule has 1 aromatic heterocycles. The summed E-state index contributed by atoms with van der Waals surface area (Å²) in [7, 11) is 0. The van der Waals surface area contributed by atoms with Gasteiger partial charge in [0.1, 0.15) is 0 Å². The van der Waals surface area contributed by atoms with Crippen LogP contribution in [0.4, 0.5) is 5.69 Å². The summed E-state index contributed by atoms with van der Waals surface area (Å²) >= 11 is 0. The van der Waals surface area contributed by atoms with E-state index in [9.17, 15) is 9.90 Å². The number of carbonyl (C=O) groups is 1. The number of aryl methyl sites for hydroxylation is 1. The van der Waals surface area contributed by atoms with Crippen molar-refractivity contribution in [1.82, 2.24) is 0 Å². The normalized spacial score (nSPS) is 12.2. The van der Waals surface area contributed by atoms with E-state index < -0.39 is 6.10 Å². The first-order valence-corrected chi connectivity index (χ1v) is 5.71. The molecule has 0 aliphatic carbocycles. The lowest BCUT2D eigenvalue weighted by Crippen LogP contribution is -2.12. The lowest BCUT2D eigenvalue weighted by molar-refractivity contribution is 0.0995. The number of amides is 1. The number of rotatable bonds is 3. The Labute approximate surface area is 105 Å². The Morgan fingerprint density at radius 2 is 2.17 bits per heavy atom. The van der Waals surface area contributed by atoms with Gasteiger partial charge in [0.05, 0.1) is 12.4 Å². The molecule has 0 spiro atoms. The van der Waals surface area contributed by atoms with Crippen molar-refractivity contribution in [3.8, 4) is 0 Å². The van der Waals surface area contributed by atoms with Crippen LogP contribution < -0.4 is 5.32 Å². The fourth-order valence-electron chi connectivity index (χ4n) is 1.67. The van der Waals surface area contributed by atoms with Gasteiger partial charge in [0.15, 0.2) is 5.76 Å². The molecule has 0 radical (unpaired) electrons. The van der Waals surface area contributed by atoms with E-state index in [2.05, 4.69) is 5.32 Å². The van der Waals surface area contributed by atoms with Gasteiger partial charge in [0.25, 0.3) is 5.91 Å². The zero-order chi connectivity index (χ0) is 13.1. The average Bonchev–Trinajstić information content (AvgIpc) is 2.76. The molecule has 2 aromatic rings. The van der Waals surface area contributed by atoms with Crippen LogP contribution in [0.3, 0.4) is 0 Å². The van der Waals surface area contributed by atoms with Crippen LogP contribution in [-0.4, -0.2) is 11.0 Å². The lowest BCUT2D eigenvalue weighted by atomic mass is 10.1. The number of benzene rings is 1. The molecule has 2 N–H and O–H groups in total. The summed E-state index contributed by atoms with van der Waals surface area (Å²) in [5, 5.41) is 12.2. The molecule has 2 rings (SSSR count). The molecule has 0 fully saturated rings. The van der Waals surface area contributed by atoms with Crippen LogP contribution in [-0.2, 0) is 0 Å². The van der Waals surface area contributed by atoms with Gasteiger partial charge in [-0.15, -0.1) is 0 Å². The van der Waals surface area contributed by atoms with Crippen molar-refractivity contribution in [3.63, 3.8) is 0 Å². The Morgan fingerprint density at radius 1 is 1.39 bits per heavy atom. The highest BCUT2D eigenvalue weighted by atomic mass is 16.3. The van der Waals surface area contributed by atoms with Crippen LogP contribution in [0.2, 0.25) is 0 Å². The van der Waals surface area contributed by atoms with E-state index in [-0.39, 0.29) is 5.91 Å². The topological polar surface area (TPSA) is 62.5 Å². The van der Waals surface area contributed by atoms with Gasteiger partial charge in [-0.05, 0) is 37.6 Å². The monoisotopic (exact) mass is 245 g/mol. The van der Waals surface area contributed by atoms with E-state index in [0.29, 0.717) is 11.4 Å². The van der Waals surface area contributed by atoms with Crippen LogP contribution in [0.25, 0.3) is 0 Å². The molecule has 94 valence electrons. The fourth-order valence-corrected chi connectivity index (χ4v) is 1.67. The molecule has 1 amide bonds. The first kappa shape index (κ1) is 12.4. The Balaban J connectivity index is 2.17. The number of nitrogens with one attached hydrogen (secondary N) is 1. The van der Waals surface area contributed by atoms with Crippen LogP contribution in [0.1, 0.15) is 34.7 Å². The van der Waals surface area contributed by atoms with Crippen LogP contribution in [0.5, 0.6) is 0 Å². The van der Waals surface area contributed by atoms with Crippen molar-refractivity contribution in [2.24, 2.45) is 0 Å². The minimum atomic E-state index is -0.563. The third-order valence-corrected chi connectivity index (χ3v) is 2.70. The molecular weight excluding hydrogens is 230 g/mol. The molecule has 1 heterocycles. The summed E-state index contributed by atoms with van der Waals surface area (Å²) in [5.74, 6) is 0.0118. The molecule has 0 saturated carbocycles. The minimum absolute atomic E-state index is 0.291. The second kappa shape index (κ2) is 5.06. The summed E-state index contributed by atoms with van der Waals surface area (Å²) in [4.78, 5) is 11.9. The van der Waals surface area contributed by atoms with E-state index in [1.807, 2.05) is 6.92 Å². The minimum Gasteiger partial charge on any atom is -0.459 e. The standard InChI is InChI=1S/C14H15NO3/c1-9-6-7-18-13(9)14(17)15-12-5-3-4-11(8-12)10(2)16/h3-8,10,16H,1-2H3,(H,15,17). The van der Waals surface area contributed by atoms with E-state index in [1.54, 1.807) is 37.3 Å². The fraction of sp³-hybridized carbons (Fsp3) is 0.214. The largest absolute Gasteiger partial charge is 0.459 e. The molecule has 4 nitrogen and oxygen atoms in total. The third kappa shape index (κ3) is 2.60. The summed E-state index contributed by atoms with van der Waals surface area (Å²) in [6.07, 6.45) is 0.920. The van der Waals surface area contributed by atoms with Gasteiger partial charge in [0, 0.05) is 11.3 Å². The van der Waals surface area contributed by atoms with Gasteiger partial charge in [-0.3, -0.25) is 4.79 Å². The van der Waals surface area contributed by atoms with Crippen molar-refractivity contribution in [1.29, 1.82) is 0 Å². The quantitative estimate of drug-likeness (QED) is 0.874. The van der Waals surface area contributed by atoms with E-state index >= 15 is 0 Å². The highest BCUT2D eigenvalue weighted by molar-refractivity contribution is 6.03. The van der Waals surface area contributed by atoms with Crippen LogP contribution in [0.15, 0.2) is 41.0 Å². The number of furan rings is 1. The molecule has 1 aromatic carbocycles. The highest BCUT2D eigenvalue weighted by Crippen LogP contribution is 2.18.